The van der Waals surface area contributed by atoms with Gasteiger partial charge in [-0.3, -0.25) is 4.98 Å². The van der Waals surface area contributed by atoms with Gasteiger partial charge in [-0.05, 0) is 38.0 Å². The zero-order chi connectivity index (χ0) is 14.2. The molecule has 21 heavy (non-hydrogen) atoms. The Kier molecular flexibility index (Phi) is 2.84. The molecule has 1 saturated heterocycles. The Labute approximate surface area is 123 Å². The maximum Gasteiger partial charge on any atom is 0.160 e. The van der Waals surface area contributed by atoms with Gasteiger partial charge in [0.05, 0.1) is 5.69 Å². The van der Waals surface area contributed by atoms with Crippen LogP contribution in [0.3, 0.4) is 0 Å². The molecule has 3 aromatic heterocycles. The first-order valence-corrected chi connectivity index (χ1v) is 7.34. The number of imidazole rings is 1. The van der Waals surface area contributed by atoms with E-state index < -0.39 is 0 Å². The van der Waals surface area contributed by atoms with E-state index in [-0.39, 0.29) is 0 Å². The van der Waals surface area contributed by atoms with Crippen LogP contribution in [0.2, 0.25) is 0 Å². The fourth-order valence-electron chi connectivity index (χ4n) is 2.94. The average molecular weight is 279 g/mol. The lowest BCUT2D eigenvalue weighted by Gasteiger charge is -2.18. The van der Waals surface area contributed by atoms with Gasteiger partial charge in [-0.25, -0.2) is 9.97 Å². The summed E-state index contributed by atoms with van der Waals surface area (Å²) in [5.74, 6) is 0.853. The Morgan fingerprint density at radius 2 is 1.86 bits per heavy atom. The Morgan fingerprint density at radius 3 is 2.62 bits per heavy atom. The summed E-state index contributed by atoms with van der Waals surface area (Å²) in [4.78, 5) is 19.2. The summed E-state index contributed by atoms with van der Waals surface area (Å²) < 4.78 is 0. The smallest absolute Gasteiger partial charge is 0.160 e. The summed E-state index contributed by atoms with van der Waals surface area (Å²) in [6.45, 7) is 4.25. The van der Waals surface area contributed by atoms with Crippen LogP contribution in [0.5, 0.6) is 0 Å². The molecular formula is C16H17N5. The predicted octanol–water partition coefficient (Wildman–Crippen LogP) is 2.93. The monoisotopic (exact) mass is 279 g/mol. The molecule has 0 aromatic carbocycles. The SMILES string of the molecule is Cc1cc(N2CCCC2)c2nc(-c3ccncc3)[nH]c2n1. The molecule has 0 amide bonds. The summed E-state index contributed by atoms with van der Waals surface area (Å²) in [6, 6.07) is 6.06. The van der Waals surface area contributed by atoms with Crippen LogP contribution >= 0.6 is 0 Å². The maximum absolute atomic E-state index is 4.78. The van der Waals surface area contributed by atoms with E-state index in [1.165, 1.54) is 18.5 Å². The molecule has 5 heteroatoms. The van der Waals surface area contributed by atoms with E-state index in [9.17, 15) is 0 Å². The highest BCUT2D eigenvalue weighted by Crippen LogP contribution is 2.30. The van der Waals surface area contributed by atoms with Crippen LogP contribution in [0.25, 0.3) is 22.6 Å². The van der Waals surface area contributed by atoms with Crippen molar-refractivity contribution in [3.63, 3.8) is 0 Å². The minimum absolute atomic E-state index is 0.853. The van der Waals surface area contributed by atoms with Crippen molar-refractivity contribution in [2.75, 3.05) is 18.0 Å². The van der Waals surface area contributed by atoms with Crippen LogP contribution in [0.15, 0.2) is 30.6 Å². The van der Waals surface area contributed by atoms with Gasteiger partial charge in [0.2, 0.25) is 0 Å². The Hall–Kier alpha value is -2.43. The van der Waals surface area contributed by atoms with Crippen LogP contribution in [-0.2, 0) is 0 Å². The molecule has 4 rings (SSSR count). The normalized spacial score (nSPS) is 15.0. The number of aromatic amines is 1. The molecule has 1 aliphatic heterocycles. The quantitative estimate of drug-likeness (QED) is 0.783. The average Bonchev–Trinajstić information content (AvgIpc) is 3.16. The summed E-state index contributed by atoms with van der Waals surface area (Å²) in [5, 5.41) is 0. The summed E-state index contributed by atoms with van der Waals surface area (Å²) >= 11 is 0. The lowest BCUT2D eigenvalue weighted by atomic mass is 10.2. The highest BCUT2D eigenvalue weighted by Gasteiger charge is 2.18. The van der Waals surface area contributed by atoms with Crippen molar-refractivity contribution in [2.45, 2.75) is 19.8 Å². The zero-order valence-corrected chi connectivity index (χ0v) is 12.0. The van der Waals surface area contributed by atoms with Gasteiger partial charge in [0.25, 0.3) is 0 Å². The molecule has 0 radical (unpaired) electrons. The van der Waals surface area contributed by atoms with Gasteiger partial charge in [0, 0.05) is 36.7 Å². The highest BCUT2D eigenvalue weighted by molar-refractivity contribution is 5.88. The van der Waals surface area contributed by atoms with Gasteiger partial charge in [0.1, 0.15) is 11.3 Å². The molecule has 1 fully saturated rings. The molecular weight excluding hydrogens is 262 g/mol. The van der Waals surface area contributed by atoms with Crippen molar-refractivity contribution < 1.29 is 0 Å². The van der Waals surface area contributed by atoms with Crippen molar-refractivity contribution >= 4 is 16.9 Å². The molecule has 0 saturated carbocycles. The van der Waals surface area contributed by atoms with Gasteiger partial charge >= 0.3 is 0 Å². The molecule has 4 heterocycles. The first-order valence-electron chi connectivity index (χ1n) is 7.34. The second-order valence-electron chi connectivity index (χ2n) is 5.50. The first kappa shape index (κ1) is 12.3. The van der Waals surface area contributed by atoms with E-state index in [0.717, 1.165) is 41.3 Å². The third-order valence-corrected chi connectivity index (χ3v) is 3.96. The van der Waals surface area contributed by atoms with Gasteiger partial charge < -0.3 is 9.88 Å². The van der Waals surface area contributed by atoms with E-state index in [1.807, 2.05) is 19.1 Å². The number of nitrogens with one attached hydrogen (secondary N) is 1. The van der Waals surface area contributed by atoms with E-state index in [0.29, 0.717) is 0 Å². The summed E-state index contributed by atoms with van der Waals surface area (Å²) in [6.07, 6.45) is 6.07. The standard InChI is InChI=1S/C16H17N5/c1-11-10-13(21-8-2-3-9-21)14-16(18-11)20-15(19-14)12-4-6-17-7-5-12/h4-7,10H,2-3,8-9H2,1H3,(H,18,19,20). The van der Waals surface area contributed by atoms with Gasteiger partial charge in [-0.1, -0.05) is 0 Å². The third kappa shape index (κ3) is 2.14. The second kappa shape index (κ2) is 4.84. The van der Waals surface area contributed by atoms with E-state index in [1.54, 1.807) is 12.4 Å². The topological polar surface area (TPSA) is 57.7 Å². The zero-order valence-electron chi connectivity index (χ0n) is 12.0. The number of fused-ring (bicyclic) bond motifs is 1. The number of aromatic nitrogens is 4. The minimum Gasteiger partial charge on any atom is -0.370 e. The number of rotatable bonds is 2. The fraction of sp³-hybridized carbons (Fsp3) is 0.312. The molecule has 0 bridgehead atoms. The molecule has 0 unspecified atom stereocenters. The lowest BCUT2D eigenvalue weighted by Crippen LogP contribution is -2.18. The van der Waals surface area contributed by atoms with Gasteiger partial charge in [0.15, 0.2) is 5.65 Å². The molecule has 1 aliphatic rings. The van der Waals surface area contributed by atoms with Crippen LogP contribution in [-0.4, -0.2) is 33.0 Å². The number of pyridine rings is 2. The number of hydrogen-bond acceptors (Lipinski definition) is 4. The molecule has 0 spiro atoms. The number of hydrogen-bond donors (Lipinski definition) is 1. The van der Waals surface area contributed by atoms with Crippen molar-refractivity contribution in [3.05, 3.63) is 36.3 Å². The van der Waals surface area contributed by atoms with Crippen molar-refractivity contribution in [3.8, 4) is 11.4 Å². The number of H-pyrrole nitrogens is 1. The Morgan fingerprint density at radius 1 is 1.10 bits per heavy atom. The molecule has 0 aliphatic carbocycles. The molecule has 106 valence electrons. The van der Waals surface area contributed by atoms with Gasteiger partial charge in [-0.2, -0.15) is 0 Å². The fourth-order valence-corrected chi connectivity index (χ4v) is 2.94. The largest absolute Gasteiger partial charge is 0.370 e. The first-order chi connectivity index (χ1) is 10.3. The maximum atomic E-state index is 4.78. The van der Waals surface area contributed by atoms with E-state index in [4.69, 9.17) is 4.98 Å². The molecule has 3 aromatic rings. The number of anilines is 1. The number of aryl methyl sites for hydroxylation is 1. The van der Waals surface area contributed by atoms with Crippen LogP contribution in [0.1, 0.15) is 18.5 Å². The summed E-state index contributed by atoms with van der Waals surface area (Å²) in [5.41, 5.74) is 5.09. The number of nitrogens with zero attached hydrogens (tertiary/aromatic N) is 4. The van der Waals surface area contributed by atoms with Crippen molar-refractivity contribution in [1.29, 1.82) is 0 Å². The van der Waals surface area contributed by atoms with Crippen LogP contribution in [0.4, 0.5) is 5.69 Å². The molecule has 0 atom stereocenters. The predicted molar refractivity (Wildman–Crippen MR) is 83.3 cm³/mol. The van der Waals surface area contributed by atoms with Crippen molar-refractivity contribution in [2.24, 2.45) is 0 Å². The Bertz CT molecular complexity index is 772. The van der Waals surface area contributed by atoms with Gasteiger partial charge in [-0.15, -0.1) is 0 Å². The lowest BCUT2D eigenvalue weighted by molar-refractivity contribution is 0.949. The minimum atomic E-state index is 0.853. The molecule has 5 nitrogen and oxygen atoms in total. The summed E-state index contributed by atoms with van der Waals surface area (Å²) in [7, 11) is 0. The van der Waals surface area contributed by atoms with Crippen LogP contribution < -0.4 is 4.90 Å². The Balaban J connectivity index is 1.88. The highest BCUT2D eigenvalue weighted by atomic mass is 15.2. The van der Waals surface area contributed by atoms with E-state index in [2.05, 4.69) is 25.9 Å². The van der Waals surface area contributed by atoms with Crippen LogP contribution in [0, 0.1) is 6.92 Å². The third-order valence-electron chi connectivity index (χ3n) is 3.96. The van der Waals surface area contributed by atoms with Crippen molar-refractivity contribution in [1.82, 2.24) is 19.9 Å². The second-order valence-corrected chi connectivity index (χ2v) is 5.50. The van der Waals surface area contributed by atoms with E-state index >= 15 is 0 Å². The molecule has 1 N–H and O–H groups in total.